The summed E-state index contributed by atoms with van der Waals surface area (Å²) >= 11 is 3.33. The molecule has 0 aliphatic heterocycles. The predicted octanol–water partition coefficient (Wildman–Crippen LogP) is 3.52. The van der Waals surface area contributed by atoms with Crippen molar-refractivity contribution < 1.29 is 0 Å². The maximum absolute atomic E-state index is 8.80. The van der Waals surface area contributed by atoms with E-state index in [2.05, 4.69) is 41.9 Å². The van der Waals surface area contributed by atoms with Crippen molar-refractivity contribution in [3.05, 3.63) is 33.8 Å². The molecule has 0 aliphatic rings. The number of nitrogens with zero attached hydrogens (tertiary/aromatic N) is 1. The summed E-state index contributed by atoms with van der Waals surface area (Å²) in [5.74, 6) is 0.632. The zero-order valence-electron chi connectivity index (χ0n) is 7.84. The molecule has 13 heavy (non-hydrogen) atoms. The van der Waals surface area contributed by atoms with Gasteiger partial charge in [-0.25, -0.2) is 0 Å². The van der Waals surface area contributed by atoms with Crippen molar-refractivity contribution in [3.8, 4) is 6.07 Å². The normalized spacial score (nSPS) is 10.1. The Hall–Kier alpha value is -0.810. The summed E-state index contributed by atoms with van der Waals surface area (Å²) in [5, 5.41) is 8.80. The van der Waals surface area contributed by atoms with Crippen LogP contribution in [0, 0.1) is 17.2 Å². The lowest BCUT2D eigenvalue weighted by Crippen LogP contribution is -1.94. The number of hydrogen-bond donors (Lipinski definition) is 0. The molecule has 0 fully saturated rings. The van der Waals surface area contributed by atoms with E-state index in [4.69, 9.17) is 5.26 Å². The summed E-state index contributed by atoms with van der Waals surface area (Å²) in [6.45, 7) is 4.35. The summed E-state index contributed by atoms with van der Waals surface area (Å²) in [5.41, 5.74) is 1.95. The largest absolute Gasteiger partial charge is 0.192 e. The molecule has 1 rings (SSSR count). The van der Waals surface area contributed by atoms with E-state index in [0.29, 0.717) is 5.92 Å². The van der Waals surface area contributed by atoms with Crippen LogP contribution in [0.1, 0.15) is 25.0 Å². The summed E-state index contributed by atoms with van der Waals surface area (Å²) in [4.78, 5) is 0. The quantitative estimate of drug-likeness (QED) is 0.773. The Kier molecular flexibility index (Phi) is 3.50. The second kappa shape index (κ2) is 4.43. The summed E-state index contributed by atoms with van der Waals surface area (Å²) in [6, 6.07) is 8.11. The third-order valence-corrected chi connectivity index (χ3v) is 2.49. The number of nitriles is 1. The van der Waals surface area contributed by atoms with Crippen molar-refractivity contribution in [2.75, 3.05) is 0 Å². The minimum absolute atomic E-state index is 0.632. The zero-order chi connectivity index (χ0) is 9.84. The molecule has 1 nitrogen and oxygen atoms in total. The molecule has 0 spiro atoms. The van der Waals surface area contributed by atoms with Crippen molar-refractivity contribution in [1.29, 1.82) is 5.26 Å². The van der Waals surface area contributed by atoms with Gasteiger partial charge in [-0.3, -0.25) is 0 Å². The summed E-state index contributed by atoms with van der Waals surface area (Å²) in [7, 11) is 0. The second-order valence-corrected chi connectivity index (χ2v) is 4.38. The highest BCUT2D eigenvalue weighted by atomic mass is 79.9. The van der Waals surface area contributed by atoms with Gasteiger partial charge in [-0.15, -0.1) is 0 Å². The molecule has 0 saturated carbocycles. The second-order valence-electron chi connectivity index (χ2n) is 3.52. The molecule has 1 aromatic rings. The first kappa shape index (κ1) is 10.3. The molecule has 0 saturated heterocycles. The molecular formula is C11H12BrN. The maximum Gasteiger partial charge on any atom is 0.100 e. The fourth-order valence-corrected chi connectivity index (χ4v) is 1.59. The van der Waals surface area contributed by atoms with Crippen molar-refractivity contribution in [2.45, 2.75) is 20.3 Å². The van der Waals surface area contributed by atoms with Crippen LogP contribution >= 0.6 is 15.9 Å². The van der Waals surface area contributed by atoms with Gasteiger partial charge in [-0.1, -0.05) is 19.9 Å². The van der Waals surface area contributed by atoms with Gasteiger partial charge in [0.05, 0.1) is 5.56 Å². The van der Waals surface area contributed by atoms with Crippen molar-refractivity contribution in [2.24, 2.45) is 5.92 Å². The van der Waals surface area contributed by atoms with E-state index in [1.54, 1.807) is 0 Å². The average Bonchev–Trinajstić information content (AvgIpc) is 2.07. The van der Waals surface area contributed by atoms with Crippen LogP contribution in [0.4, 0.5) is 0 Å². The van der Waals surface area contributed by atoms with E-state index in [1.165, 1.54) is 5.56 Å². The Balaban J connectivity index is 2.95. The van der Waals surface area contributed by atoms with E-state index in [0.717, 1.165) is 16.5 Å². The SMILES string of the molecule is CC(C)Cc1ccc(Br)c(C#N)c1. The van der Waals surface area contributed by atoms with Gasteiger partial charge in [0.1, 0.15) is 6.07 Å². The van der Waals surface area contributed by atoms with Crippen molar-refractivity contribution >= 4 is 15.9 Å². The van der Waals surface area contributed by atoms with Gasteiger partial charge in [-0.2, -0.15) is 5.26 Å². The zero-order valence-corrected chi connectivity index (χ0v) is 9.43. The number of benzene rings is 1. The molecule has 0 aromatic heterocycles. The smallest absolute Gasteiger partial charge is 0.100 e. The van der Waals surface area contributed by atoms with Crippen LogP contribution in [0.25, 0.3) is 0 Å². The molecule has 0 unspecified atom stereocenters. The van der Waals surface area contributed by atoms with Crippen LogP contribution in [-0.2, 0) is 6.42 Å². The van der Waals surface area contributed by atoms with E-state index in [-0.39, 0.29) is 0 Å². The molecule has 0 bridgehead atoms. The molecular weight excluding hydrogens is 226 g/mol. The minimum Gasteiger partial charge on any atom is -0.192 e. The van der Waals surface area contributed by atoms with E-state index >= 15 is 0 Å². The highest BCUT2D eigenvalue weighted by Gasteiger charge is 2.02. The fourth-order valence-electron chi connectivity index (χ4n) is 1.26. The predicted molar refractivity (Wildman–Crippen MR) is 57.4 cm³/mol. The van der Waals surface area contributed by atoms with Gasteiger partial charge in [0.25, 0.3) is 0 Å². The first-order valence-electron chi connectivity index (χ1n) is 4.32. The molecule has 0 aliphatic carbocycles. The third kappa shape index (κ3) is 2.86. The average molecular weight is 238 g/mol. The molecule has 1 aromatic carbocycles. The van der Waals surface area contributed by atoms with Gasteiger partial charge in [0, 0.05) is 4.47 Å². The van der Waals surface area contributed by atoms with Gasteiger partial charge in [0.15, 0.2) is 0 Å². The Labute approximate surface area is 87.5 Å². The Morgan fingerprint density at radius 1 is 1.46 bits per heavy atom. The maximum atomic E-state index is 8.80. The van der Waals surface area contributed by atoms with E-state index in [9.17, 15) is 0 Å². The van der Waals surface area contributed by atoms with Crippen LogP contribution < -0.4 is 0 Å². The lowest BCUT2D eigenvalue weighted by molar-refractivity contribution is 0.647. The highest BCUT2D eigenvalue weighted by Crippen LogP contribution is 2.18. The first-order valence-corrected chi connectivity index (χ1v) is 5.11. The van der Waals surface area contributed by atoms with Crippen LogP contribution in [0.5, 0.6) is 0 Å². The van der Waals surface area contributed by atoms with Crippen LogP contribution in [0.3, 0.4) is 0 Å². The first-order chi connectivity index (χ1) is 6.13. The molecule has 68 valence electrons. The Bertz CT molecular complexity index is 336. The van der Waals surface area contributed by atoms with Crippen LogP contribution in [-0.4, -0.2) is 0 Å². The molecule has 2 heteroatoms. The molecule has 0 atom stereocenters. The monoisotopic (exact) mass is 237 g/mol. The number of rotatable bonds is 2. The van der Waals surface area contributed by atoms with E-state index in [1.807, 2.05) is 12.1 Å². The van der Waals surface area contributed by atoms with Crippen LogP contribution in [0.15, 0.2) is 22.7 Å². The Morgan fingerprint density at radius 3 is 2.69 bits per heavy atom. The minimum atomic E-state index is 0.632. The van der Waals surface area contributed by atoms with Crippen molar-refractivity contribution in [1.82, 2.24) is 0 Å². The molecule has 0 radical (unpaired) electrons. The van der Waals surface area contributed by atoms with Crippen molar-refractivity contribution in [3.63, 3.8) is 0 Å². The summed E-state index contributed by atoms with van der Waals surface area (Å²) in [6.07, 6.45) is 1.03. The molecule has 0 heterocycles. The lowest BCUT2D eigenvalue weighted by Gasteiger charge is -2.05. The van der Waals surface area contributed by atoms with Crippen LogP contribution in [0.2, 0.25) is 0 Å². The number of hydrogen-bond acceptors (Lipinski definition) is 1. The van der Waals surface area contributed by atoms with Gasteiger partial charge < -0.3 is 0 Å². The van der Waals surface area contributed by atoms with E-state index < -0.39 is 0 Å². The Morgan fingerprint density at radius 2 is 2.15 bits per heavy atom. The molecule has 0 N–H and O–H groups in total. The topological polar surface area (TPSA) is 23.8 Å². The van der Waals surface area contributed by atoms with Gasteiger partial charge in [0.2, 0.25) is 0 Å². The van der Waals surface area contributed by atoms with Gasteiger partial charge >= 0.3 is 0 Å². The lowest BCUT2D eigenvalue weighted by atomic mass is 10.0. The van der Waals surface area contributed by atoms with Gasteiger partial charge in [-0.05, 0) is 46.0 Å². The molecule has 0 amide bonds. The summed E-state index contributed by atoms with van der Waals surface area (Å²) < 4.78 is 0.877. The fraction of sp³-hybridized carbons (Fsp3) is 0.364. The standard InChI is InChI=1S/C11H12BrN/c1-8(2)5-9-3-4-11(12)10(6-9)7-13/h3-4,6,8H,5H2,1-2H3. The third-order valence-electron chi connectivity index (χ3n) is 1.80. The highest BCUT2D eigenvalue weighted by molar-refractivity contribution is 9.10. The number of halogens is 1.